The molecular weight excluding hydrogens is 226 g/mol. The van der Waals surface area contributed by atoms with Crippen molar-refractivity contribution in [2.45, 2.75) is 6.42 Å². The highest BCUT2D eigenvalue weighted by atomic mass is 16.2. The average molecular weight is 237 g/mol. The van der Waals surface area contributed by atoms with E-state index < -0.39 is 0 Å². The Labute approximate surface area is 105 Å². The van der Waals surface area contributed by atoms with Crippen LogP contribution in [0.3, 0.4) is 0 Å². The van der Waals surface area contributed by atoms with E-state index in [1.54, 1.807) is 12.1 Å². The maximum Gasteiger partial charge on any atom is 0.265 e. The Hall–Kier alpha value is -2.42. The van der Waals surface area contributed by atoms with Gasteiger partial charge in [-0.25, -0.2) is 4.90 Å². The molecule has 2 amide bonds. The standard InChI is InChI=1S/C15H11NO2/c17-14-10-13(11-6-4-5-7-11)15(18)16(14)12-8-2-1-3-9-12/h1-6,8-10H,7H2. The number of carbonyl (C=O) groups excluding carboxylic acids is 2. The van der Waals surface area contributed by atoms with E-state index in [9.17, 15) is 9.59 Å². The Morgan fingerprint density at radius 1 is 1.06 bits per heavy atom. The van der Waals surface area contributed by atoms with Crippen LogP contribution in [0.4, 0.5) is 5.69 Å². The molecule has 3 rings (SSSR count). The van der Waals surface area contributed by atoms with Crippen LogP contribution in [0, 0.1) is 0 Å². The van der Waals surface area contributed by atoms with E-state index in [-0.39, 0.29) is 11.8 Å². The first-order valence-electron chi connectivity index (χ1n) is 5.78. The number of nitrogens with zero attached hydrogens (tertiary/aromatic N) is 1. The van der Waals surface area contributed by atoms with Gasteiger partial charge in [-0.1, -0.05) is 36.4 Å². The molecule has 0 atom stereocenters. The van der Waals surface area contributed by atoms with Crippen molar-refractivity contribution < 1.29 is 9.59 Å². The number of hydrogen-bond donors (Lipinski definition) is 0. The molecule has 0 fully saturated rings. The van der Waals surface area contributed by atoms with Gasteiger partial charge in [-0.15, -0.1) is 0 Å². The van der Waals surface area contributed by atoms with E-state index in [1.165, 1.54) is 11.0 Å². The van der Waals surface area contributed by atoms with Gasteiger partial charge in [0.15, 0.2) is 0 Å². The minimum absolute atomic E-state index is 0.235. The molecule has 0 radical (unpaired) electrons. The number of anilines is 1. The molecule has 1 aliphatic carbocycles. The Kier molecular flexibility index (Phi) is 2.45. The van der Waals surface area contributed by atoms with E-state index in [0.29, 0.717) is 17.7 Å². The molecule has 88 valence electrons. The van der Waals surface area contributed by atoms with Crippen LogP contribution in [0.25, 0.3) is 0 Å². The molecule has 1 heterocycles. The van der Waals surface area contributed by atoms with Crippen LogP contribution in [-0.2, 0) is 9.59 Å². The summed E-state index contributed by atoms with van der Waals surface area (Å²) in [5, 5.41) is 0. The smallest absolute Gasteiger partial charge is 0.265 e. The van der Waals surface area contributed by atoms with Gasteiger partial charge in [0, 0.05) is 11.6 Å². The van der Waals surface area contributed by atoms with Crippen molar-refractivity contribution >= 4 is 17.5 Å². The van der Waals surface area contributed by atoms with Crippen LogP contribution in [0.1, 0.15) is 6.42 Å². The topological polar surface area (TPSA) is 37.4 Å². The van der Waals surface area contributed by atoms with E-state index in [1.807, 2.05) is 36.4 Å². The molecule has 3 heteroatoms. The van der Waals surface area contributed by atoms with E-state index in [2.05, 4.69) is 0 Å². The number of carbonyl (C=O) groups is 2. The Balaban J connectivity index is 1.94. The Morgan fingerprint density at radius 3 is 2.50 bits per heavy atom. The molecule has 0 unspecified atom stereocenters. The van der Waals surface area contributed by atoms with E-state index in [4.69, 9.17) is 0 Å². The van der Waals surface area contributed by atoms with Gasteiger partial charge in [0.1, 0.15) is 0 Å². The van der Waals surface area contributed by atoms with Crippen molar-refractivity contribution in [1.82, 2.24) is 0 Å². The van der Waals surface area contributed by atoms with Crippen molar-refractivity contribution in [3.05, 3.63) is 65.8 Å². The Bertz CT molecular complexity index is 609. The molecule has 0 aromatic heterocycles. The first-order valence-corrected chi connectivity index (χ1v) is 5.78. The third-order valence-corrected chi connectivity index (χ3v) is 3.05. The van der Waals surface area contributed by atoms with Crippen LogP contribution in [0.2, 0.25) is 0 Å². The molecule has 1 aromatic rings. The first kappa shape index (κ1) is 10.7. The molecule has 2 aliphatic rings. The normalized spacial score (nSPS) is 18.3. The maximum absolute atomic E-state index is 12.3. The minimum Gasteiger partial charge on any atom is -0.269 e. The summed E-state index contributed by atoms with van der Waals surface area (Å²) in [4.78, 5) is 25.4. The summed E-state index contributed by atoms with van der Waals surface area (Å²) in [6, 6.07) is 8.99. The lowest BCUT2D eigenvalue weighted by atomic mass is 10.1. The van der Waals surface area contributed by atoms with E-state index >= 15 is 0 Å². The van der Waals surface area contributed by atoms with Gasteiger partial charge in [0.2, 0.25) is 0 Å². The number of para-hydroxylation sites is 1. The molecule has 1 aliphatic heterocycles. The number of imide groups is 1. The average Bonchev–Trinajstić information content (AvgIpc) is 2.99. The number of rotatable bonds is 2. The summed E-state index contributed by atoms with van der Waals surface area (Å²) in [5.41, 5.74) is 2.03. The lowest BCUT2D eigenvalue weighted by Gasteiger charge is -2.14. The second-order valence-corrected chi connectivity index (χ2v) is 4.20. The molecule has 0 bridgehead atoms. The summed E-state index contributed by atoms with van der Waals surface area (Å²) >= 11 is 0. The molecule has 0 spiro atoms. The zero-order chi connectivity index (χ0) is 12.5. The first-order chi connectivity index (χ1) is 8.77. The van der Waals surface area contributed by atoms with Gasteiger partial charge < -0.3 is 0 Å². The van der Waals surface area contributed by atoms with Crippen LogP contribution >= 0.6 is 0 Å². The van der Waals surface area contributed by atoms with Crippen molar-refractivity contribution in [2.75, 3.05) is 4.90 Å². The molecule has 3 nitrogen and oxygen atoms in total. The predicted molar refractivity (Wildman–Crippen MR) is 68.9 cm³/mol. The van der Waals surface area contributed by atoms with Gasteiger partial charge in [-0.2, -0.15) is 0 Å². The third kappa shape index (κ3) is 1.61. The lowest BCUT2D eigenvalue weighted by molar-refractivity contribution is -0.120. The summed E-state index contributed by atoms with van der Waals surface area (Å²) in [7, 11) is 0. The quantitative estimate of drug-likeness (QED) is 0.740. The number of allylic oxidation sites excluding steroid dienone is 3. The summed E-state index contributed by atoms with van der Waals surface area (Å²) in [5.74, 6) is -0.504. The zero-order valence-electron chi connectivity index (χ0n) is 9.67. The SMILES string of the molecule is O=C1C=C(C2=CC=CC2)C(=O)N1c1ccccc1. The van der Waals surface area contributed by atoms with Gasteiger partial charge in [-0.05, 0) is 24.1 Å². The fourth-order valence-electron chi connectivity index (χ4n) is 2.17. The fourth-order valence-corrected chi connectivity index (χ4v) is 2.17. The van der Waals surface area contributed by atoms with Crippen LogP contribution in [0.5, 0.6) is 0 Å². The maximum atomic E-state index is 12.3. The summed E-state index contributed by atoms with van der Waals surface area (Å²) in [6.45, 7) is 0. The third-order valence-electron chi connectivity index (χ3n) is 3.05. The highest BCUT2D eigenvalue weighted by Crippen LogP contribution is 2.29. The predicted octanol–water partition coefficient (Wildman–Crippen LogP) is 2.37. The Morgan fingerprint density at radius 2 is 1.83 bits per heavy atom. The van der Waals surface area contributed by atoms with Crippen molar-refractivity contribution in [2.24, 2.45) is 0 Å². The van der Waals surface area contributed by atoms with Gasteiger partial charge in [-0.3, -0.25) is 9.59 Å². The molecule has 0 saturated heterocycles. The van der Waals surface area contributed by atoms with Crippen molar-refractivity contribution in [1.29, 1.82) is 0 Å². The highest BCUT2D eigenvalue weighted by molar-refractivity contribution is 6.32. The highest BCUT2D eigenvalue weighted by Gasteiger charge is 2.33. The van der Waals surface area contributed by atoms with Crippen molar-refractivity contribution in [3.8, 4) is 0 Å². The molecule has 1 aromatic carbocycles. The molecule has 18 heavy (non-hydrogen) atoms. The van der Waals surface area contributed by atoms with E-state index in [0.717, 1.165) is 5.57 Å². The number of hydrogen-bond acceptors (Lipinski definition) is 2. The van der Waals surface area contributed by atoms with Crippen LogP contribution in [-0.4, -0.2) is 11.8 Å². The van der Waals surface area contributed by atoms with Crippen molar-refractivity contribution in [3.63, 3.8) is 0 Å². The van der Waals surface area contributed by atoms with Gasteiger partial charge in [0.25, 0.3) is 11.8 Å². The second-order valence-electron chi connectivity index (χ2n) is 4.20. The molecule has 0 saturated carbocycles. The molecule has 0 N–H and O–H groups in total. The number of amides is 2. The fraction of sp³-hybridized carbons (Fsp3) is 0.0667. The molecular formula is C15H11NO2. The summed E-state index contributed by atoms with van der Waals surface area (Å²) in [6.07, 6.45) is 7.89. The van der Waals surface area contributed by atoms with Crippen LogP contribution in [0.15, 0.2) is 65.8 Å². The second kappa shape index (κ2) is 4.11. The number of benzene rings is 1. The van der Waals surface area contributed by atoms with Gasteiger partial charge in [0.05, 0.1) is 5.69 Å². The largest absolute Gasteiger partial charge is 0.269 e. The minimum atomic E-state index is -0.269. The zero-order valence-corrected chi connectivity index (χ0v) is 9.67. The van der Waals surface area contributed by atoms with Gasteiger partial charge >= 0.3 is 0 Å². The monoisotopic (exact) mass is 237 g/mol. The van der Waals surface area contributed by atoms with Crippen LogP contribution < -0.4 is 4.90 Å². The summed E-state index contributed by atoms with van der Waals surface area (Å²) < 4.78 is 0. The lowest BCUT2D eigenvalue weighted by Crippen LogP contribution is -2.30.